The van der Waals surface area contributed by atoms with Crippen molar-refractivity contribution in [3.05, 3.63) is 29.0 Å². The molecule has 1 aromatic heterocycles. The molecule has 0 fully saturated rings. The fourth-order valence-corrected chi connectivity index (χ4v) is 1.14. The van der Waals surface area contributed by atoms with E-state index in [0.29, 0.717) is 11.8 Å². The van der Waals surface area contributed by atoms with Crippen LogP contribution in [0.15, 0.2) is 18.2 Å². The summed E-state index contributed by atoms with van der Waals surface area (Å²) in [6.45, 7) is 3.49. The number of hydrogen-bond donors (Lipinski definition) is 0. The van der Waals surface area contributed by atoms with Crippen molar-refractivity contribution < 1.29 is 4.74 Å². The Labute approximate surface area is 83.9 Å². The third kappa shape index (κ3) is 4.25. The van der Waals surface area contributed by atoms with E-state index < -0.39 is 0 Å². The first-order valence-electron chi connectivity index (χ1n) is 4.52. The van der Waals surface area contributed by atoms with E-state index in [0.717, 1.165) is 25.1 Å². The summed E-state index contributed by atoms with van der Waals surface area (Å²) in [5.74, 6) is 0. The van der Waals surface area contributed by atoms with Gasteiger partial charge in [-0.15, -0.1) is 0 Å². The highest BCUT2D eigenvalue weighted by Crippen LogP contribution is 2.06. The number of aromatic nitrogens is 1. The van der Waals surface area contributed by atoms with Gasteiger partial charge in [0.2, 0.25) is 0 Å². The van der Waals surface area contributed by atoms with Crippen molar-refractivity contribution >= 4 is 11.6 Å². The molecule has 0 aliphatic heterocycles. The lowest BCUT2D eigenvalue weighted by Crippen LogP contribution is -1.97. The Morgan fingerprint density at radius 2 is 2.31 bits per heavy atom. The molecule has 72 valence electrons. The summed E-state index contributed by atoms with van der Waals surface area (Å²) in [5.41, 5.74) is 0.892. The Balaban J connectivity index is 2.28. The predicted molar refractivity (Wildman–Crippen MR) is 53.8 cm³/mol. The van der Waals surface area contributed by atoms with Gasteiger partial charge in [-0.05, 0) is 18.6 Å². The van der Waals surface area contributed by atoms with Crippen LogP contribution in [0.25, 0.3) is 0 Å². The zero-order valence-electron chi connectivity index (χ0n) is 7.79. The topological polar surface area (TPSA) is 22.1 Å². The van der Waals surface area contributed by atoms with Crippen molar-refractivity contribution in [3.8, 4) is 0 Å². The SMILES string of the molecule is CCCCOCc1cccc(Cl)n1. The van der Waals surface area contributed by atoms with Gasteiger partial charge in [-0.3, -0.25) is 0 Å². The Hall–Kier alpha value is -0.600. The molecule has 0 aliphatic rings. The van der Waals surface area contributed by atoms with Crippen molar-refractivity contribution in [1.29, 1.82) is 0 Å². The minimum atomic E-state index is 0.525. The fourth-order valence-electron chi connectivity index (χ4n) is 0.954. The molecule has 0 saturated carbocycles. The zero-order chi connectivity index (χ0) is 9.52. The number of halogens is 1. The third-order valence-electron chi connectivity index (χ3n) is 1.66. The lowest BCUT2D eigenvalue weighted by Gasteiger charge is -2.02. The van der Waals surface area contributed by atoms with Crippen molar-refractivity contribution in [2.45, 2.75) is 26.4 Å². The molecule has 1 heterocycles. The molecule has 0 amide bonds. The van der Waals surface area contributed by atoms with Crippen LogP contribution in [0.5, 0.6) is 0 Å². The van der Waals surface area contributed by atoms with Crippen molar-refractivity contribution in [2.24, 2.45) is 0 Å². The molecule has 13 heavy (non-hydrogen) atoms. The number of rotatable bonds is 5. The molecular weight excluding hydrogens is 186 g/mol. The van der Waals surface area contributed by atoms with E-state index >= 15 is 0 Å². The average molecular weight is 200 g/mol. The summed E-state index contributed by atoms with van der Waals surface area (Å²) in [6, 6.07) is 5.56. The van der Waals surface area contributed by atoms with Gasteiger partial charge in [0.25, 0.3) is 0 Å². The second kappa shape index (κ2) is 5.95. The van der Waals surface area contributed by atoms with Crippen molar-refractivity contribution in [2.75, 3.05) is 6.61 Å². The maximum Gasteiger partial charge on any atom is 0.129 e. The maximum absolute atomic E-state index is 5.72. The quantitative estimate of drug-likeness (QED) is 0.537. The van der Waals surface area contributed by atoms with E-state index in [-0.39, 0.29) is 0 Å². The molecule has 1 rings (SSSR count). The third-order valence-corrected chi connectivity index (χ3v) is 1.88. The van der Waals surface area contributed by atoms with Gasteiger partial charge < -0.3 is 4.74 Å². The lowest BCUT2D eigenvalue weighted by molar-refractivity contribution is 0.115. The molecule has 0 aromatic carbocycles. The van der Waals surface area contributed by atoms with Gasteiger partial charge in [-0.2, -0.15) is 0 Å². The summed E-state index contributed by atoms with van der Waals surface area (Å²) in [6.07, 6.45) is 2.25. The summed E-state index contributed by atoms with van der Waals surface area (Å²) in [4.78, 5) is 4.11. The number of nitrogens with zero attached hydrogens (tertiary/aromatic N) is 1. The van der Waals surface area contributed by atoms with Crippen LogP contribution in [0.1, 0.15) is 25.5 Å². The fraction of sp³-hybridized carbons (Fsp3) is 0.500. The minimum absolute atomic E-state index is 0.525. The maximum atomic E-state index is 5.72. The van der Waals surface area contributed by atoms with E-state index in [1.165, 1.54) is 0 Å². The van der Waals surface area contributed by atoms with Gasteiger partial charge >= 0.3 is 0 Å². The Bertz CT molecular complexity index is 252. The van der Waals surface area contributed by atoms with Gasteiger partial charge in [0.05, 0.1) is 12.3 Å². The molecule has 0 N–H and O–H groups in total. The van der Waals surface area contributed by atoms with Crippen molar-refractivity contribution in [1.82, 2.24) is 4.98 Å². The standard InChI is InChI=1S/C10H14ClNO/c1-2-3-7-13-8-9-5-4-6-10(11)12-9/h4-6H,2-3,7-8H2,1H3. The van der Waals surface area contributed by atoms with E-state index in [9.17, 15) is 0 Å². The highest BCUT2D eigenvalue weighted by molar-refractivity contribution is 6.29. The monoisotopic (exact) mass is 199 g/mol. The predicted octanol–water partition coefficient (Wildman–Crippen LogP) is 3.05. The van der Waals surface area contributed by atoms with Crippen LogP contribution >= 0.6 is 11.6 Å². The first-order chi connectivity index (χ1) is 6.33. The van der Waals surface area contributed by atoms with Crippen LogP contribution in [0.3, 0.4) is 0 Å². The van der Waals surface area contributed by atoms with Gasteiger partial charge in [0.15, 0.2) is 0 Å². The molecule has 2 nitrogen and oxygen atoms in total. The van der Waals surface area contributed by atoms with Gasteiger partial charge in [0, 0.05) is 6.61 Å². The van der Waals surface area contributed by atoms with Crippen LogP contribution in [0, 0.1) is 0 Å². The highest BCUT2D eigenvalue weighted by Gasteiger charge is 1.95. The molecular formula is C10H14ClNO. The highest BCUT2D eigenvalue weighted by atomic mass is 35.5. The Kier molecular flexibility index (Phi) is 4.79. The summed E-state index contributed by atoms with van der Waals surface area (Å²) in [7, 11) is 0. The molecule has 1 aromatic rings. The number of hydrogen-bond acceptors (Lipinski definition) is 2. The average Bonchev–Trinajstić information content (AvgIpc) is 2.13. The van der Waals surface area contributed by atoms with Crippen molar-refractivity contribution in [3.63, 3.8) is 0 Å². The molecule has 0 radical (unpaired) electrons. The minimum Gasteiger partial charge on any atom is -0.375 e. The normalized spacial score (nSPS) is 10.3. The van der Waals surface area contributed by atoms with Crippen LogP contribution in [-0.2, 0) is 11.3 Å². The number of ether oxygens (including phenoxy) is 1. The first kappa shape index (κ1) is 10.5. The number of unbranched alkanes of at least 4 members (excludes halogenated alkanes) is 1. The van der Waals surface area contributed by atoms with E-state index in [2.05, 4.69) is 11.9 Å². The van der Waals surface area contributed by atoms with E-state index in [4.69, 9.17) is 16.3 Å². The summed E-state index contributed by atoms with van der Waals surface area (Å²) >= 11 is 5.72. The zero-order valence-corrected chi connectivity index (χ0v) is 8.55. The Morgan fingerprint density at radius 3 is 3.00 bits per heavy atom. The molecule has 0 bridgehead atoms. The molecule has 0 atom stereocenters. The summed E-state index contributed by atoms with van der Waals surface area (Å²) < 4.78 is 5.39. The van der Waals surface area contributed by atoms with Crippen LogP contribution < -0.4 is 0 Å². The van der Waals surface area contributed by atoms with Crippen LogP contribution in [0.4, 0.5) is 0 Å². The van der Waals surface area contributed by atoms with Crippen LogP contribution in [0.2, 0.25) is 5.15 Å². The number of pyridine rings is 1. The molecule has 0 saturated heterocycles. The van der Waals surface area contributed by atoms with Gasteiger partial charge in [-0.25, -0.2) is 4.98 Å². The van der Waals surface area contributed by atoms with E-state index in [1.807, 2.05) is 12.1 Å². The lowest BCUT2D eigenvalue weighted by atomic mass is 10.3. The second-order valence-corrected chi connectivity index (χ2v) is 3.25. The first-order valence-corrected chi connectivity index (χ1v) is 4.90. The molecule has 3 heteroatoms. The molecule has 0 spiro atoms. The molecule has 0 unspecified atom stereocenters. The second-order valence-electron chi connectivity index (χ2n) is 2.86. The van der Waals surface area contributed by atoms with Gasteiger partial charge in [-0.1, -0.05) is 31.0 Å². The van der Waals surface area contributed by atoms with E-state index in [1.54, 1.807) is 6.07 Å². The smallest absolute Gasteiger partial charge is 0.129 e. The summed E-state index contributed by atoms with van der Waals surface area (Å²) in [5, 5.41) is 0.525. The van der Waals surface area contributed by atoms with Gasteiger partial charge in [0.1, 0.15) is 5.15 Å². The Morgan fingerprint density at radius 1 is 1.46 bits per heavy atom. The largest absolute Gasteiger partial charge is 0.375 e. The van der Waals surface area contributed by atoms with Crippen LogP contribution in [-0.4, -0.2) is 11.6 Å². The molecule has 0 aliphatic carbocycles.